The minimum Gasteiger partial charge on any atom is -0.242 e. The number of rotatable bonds is 2. The zero-order chi connectivity index (χ0) is 13.3. The van der Waals surface area contributed by atoms with E-state index in [-0.39, 0.29) is 5.57 Å². The van der Waals surface area contributed by atoms with Gasteiger partial charge < -0.3 is 0 Å². The molecule has 0 heterocycles. The SMILES string of the molecule is C=C(C)C(=O)OOC(=O)C(C)=C1C2=CC=C1C=C2. The van der Waals surface area contributed by atoms with E-state index in [0.29, 0.717) is 5.57 Å². The molecule has 4 heteroatoms. The largest absolute Gasteiger partial charge is 0.382 e. The predicted molar refractivity (Wildman–Crippen MR) is 65.0 cm³/mol. The minimum atomic E-state index is -0.757. The maximum Gasteiger partial charge on any atom is 0.382 e. The third-order valence-corrected chi connectivity index (χ3v) is 2.68. The molecule has 2 aliphatic rings. The van der Waals surface area contributed by atoms with Crippen LogP contribution in [-0.4, -0.2) is 11.9 Å². The molecule has 0 spiro atoms. The van der Waals surface area contributed by atoms with E-state index in [1.807, 2.05) is 24.3 Å². The predicted octanol–water partition coefficient (Wildman–Crippen LogP) is 2.32. The average molecular weight is 244 g/mol. The molecular weight excluding hydrogens is 232 g/mol. The molecule has 92 valence electrons. The van der Waals surface area contributed by atoms with E-state index in [0.717, 1.165) is 16.7 Å². The van der Waals surface area contributed by atoms with Crippen molar-refractivity contribution >= 4 is 11.9 Å². The smallest absolute Gasteiger partial charge is 0.242 e. The quantitative estimate of drug-likeness (QED) is 0.425. The highest BCUT2D eigenvalue weighted by Crippen LogP contribution is 2.36. The van der Waals surface area contributed by atoms with Crippen molar-refractivity contribution in [3.63, 3.8) is 0 Å². The van der Waals surface area contributed by atoms with Crippen LogP contribution >= 0.6 is 0 Å². The lowest BCUT2D eigenvalue weighted by atomic mass is 10.0. The summed E-state index contributed by atoms with van der Waals surface area (Å²) in [7, 11) is 0. The van der Waals surface area contributed by atoms with Gasteiger partial charge in [0.25, 0.3) is 0 Å². The van der Waals surface area contributed by atoms with Crippen molar-refractivity contribution in [1.82, 2.24) is 0 Å². The van der Waals surface area contributed by atoms with Gasteiger partial charge in [-0.05, 0) is 30.6 Å². The highest BCUT2D eigenvalue weighted by atomic mass is 17.2. The zero-order valence-corrected chi connectivity index (χ0v) is 10.1. The minimum absolute atomic E-state index is 0.168. The van der Waals surface area contributed by atoms with Crippen molar-refractivity contribution in [2.45, 2.75) is 13.8 Å². The van der Waals surface area contributed by atoms with Crippen LogP contribution in [-0.2, 0) is 19.4 Å². The summed E-state index contributed by atoms with van der Waals surface area (Å²) < 4.78 is 0. The lowest BCUT2D eigenvalue weighted by Crippen LogP contribution is -2.13. The van der Waals surface area contributed by atoms with Gasteiger partial charge in [-0.2, -0.15) is 0 Å². The molecule has 0 N–H and O–H groups in total. The van der Waals surface area contributed by atoms with Gasteiger partial charge in [0.15, 0.2) is 0 Å². The van der Waals surface area contributed by atoms with Gasteiger partial charge in [-0.3, -0.25) is 0 Å². The third-order valence-electron chi connectivity index (χ3n) is 2.68. The molecule has 0 unspecified atom stereocenters. The average Bonchev–Trinajstić information content (AvgIpc) is 2.94. The fraction of sp³-hybridized carbons (Fsp3) is 0.143. The molecule has 4 nitrogen and oxygen atoms in total. The van der Waals surface area contributed by atoms with Crippen LogP contribution in [0.15, 0.2) is 58.7 Å². The molecule has 0 aromatic carbocycles. The molecule has 0 aliphatic heterocycles. The molecule has 0 fully saturated rings. The van der Waals surface area contributed by atoms with Gasteiger partial charge in [0, 0.05) is 11.1 Å². The fourth-order valence-electron chi connectivity index (χ4n) is 1.71. The van der Waals surface area contributed by atoms with E-state index in [1.54, 1.807) is 6.92 Å². The number of hydrogen-bond acceptors (Lipinski definition) is 4. The van der Waals surface area contributed by atoms with E-state index in [4.69, 9.17) is 0 Å². The number of fused-ring (bicyclic) bond motifs is 2. The number of hydrogen-bond donors (Lipinski definition) is 0. The Morgan fingerprint density at radius 2 is 1.50 bits per heavy atom. The maximum absolute atomic E-state index is 11.7. The van der Waals surface area contributed by atoms with E-state index < -0.39 is 11.9 Å². The first-order valence-corrected chi connectivity index (χ1v) is 5.41. The maximum atomic E-state index is 11.7. The first-order chi connectivity index (χ1) is 8.50. The lowest BCUT2D eigenvalue weighted by Gasteiger charge is -2.06. The fourth-order valence-corrected chi connectivity index (χ4v) is 1.71. The summed E-state index contributed by atoms with van der Waals surface area (Å²) in [6, 6.07) is 0. The molecular formula is C14H12O4. The van der Waals surface area contributed by atoms with Crippen LogP contribution in [0.2, 0.25) is 0 Å². The van der Waals surface area contributed by atoms with Gasteiger partial charge in [-0.25, -0.2) is 19.4 Å². The molecule has 2 rings (SSSR count). The van der Waals surface area contributed by atoms with Crippen LogP contribution < -0.4 is 0 Å². The second kappa shape index (κ2) is 4.49. The van der Waals surface area contributed by atoms with Gasteiger partial charge in [0.2, 0.25) is 0 Å². The van der Waals surface area contributed by atoms with Crippen molar-refractivity contribution in [3.8, 4) is 0 Å². The van der Waals surface area contributed by atoms with Crippen molar-refractivity contribution in [3.05, 3.63) is 58.7 Å². The van der Waals surface area contributed by atoms with Crippen LogP contribution in [0, 0.1) is 0 Å². The molecule has 0 saturated heterocycles. The number of allylic oxidation sites excluding steroid dienone is 7. The Kier molecular flexibility index (Phi) is 3.02. The topological polar surface area (TPSA) is 52.6 Å². The van der Waals surface area contributed by atoms with E-state index in [2.05, 4.69) is 16.4 Å². The van der Waals surface area contributed by atoms with Crippen LogP contribution in [0.5, 0.6) is 0 Å². The molecule has 0 saturated carbocycles. The Morgan fingerprint density at radius 1 is 1.00 bits per heavy atom. The molecule has 2 aliphatic carbocycles. The van der Waals surface area contributed by atoms with Crippen LogP contribution in [0.25, 0.3) is 0 Å². The van der Waals surface area contributed by atoms with Crippen molar-refractivity contribution in [2.24, 2.45) is 0 Å². The summed E-state index contributed by atoms with van der Waals surface area (Å²) >= 11 is 0. The normalized spacial score (nSPS) is 15.1. The Bertz CT molecular complexity index is 547. The van der Waals surface area contributed by atoms with Crippen molar-refractivity contribution < 1.29 is 19.4 Å². The van der Waals surface area contributed by atoms with E-state index >= 15 is 0 Å². The van der Waals surface area contributed by atoms with Crippen molar-refractivity contribution in [2.75, 3.05) is 0 Å². The van der Waals surface area contributed by atoms with Crippen LogP contribution in [0.4, 0.5) is 0 Å². The molecule has 0 atom stereocenters. The van der Waals surface area contributed by atoms with Crippen LogP contribution in [0.3, 0.4) is 0 Å². The Hall–Kier alpha value is -2.36. The lowest BCUT2D eigenvalue weighted by molar-refractivity contribution is -0.252. The third kappa shape index (κ3) is 2.05. The van der Waals surface area contributed by atoms with Gasteiger partial charge >= 0.3 is 11.9 Å². The molecule has 0 amide bonds. The second-order valence-corrected chi connectivity index (χ2v) is 4.10. The Balaban J connectivity index is 2.06. The standard InChI is InChI=1S/C14H12O4/c1-8(2)13(15)17-18-14(16)9(3)12-10-4-5-11(12)7-6-10/h4-7H,1H2,2-3H3. The zero-order valence-electron chi connectivity index (χ0n) is 10.1. The molecule has 0 aromatic heterocycles. The monoisotopic (exact) mass is 244 g/mol. The first-order valence-electron chi connectivity index (χ1n) is 5.41. The van der Waals surface area contributed by atoms with E-state index in [1.165, 1.54) is 6.92 Å². The molecule has 2 bridgehead atoms. The summed E-state index contributed by atoms with van der Waals surface area (Å²) in [5.74, 6) is -1.44. The second-order valence-electron chi connectivity index (χ2n) is 4.10. The van der Waals surface area contributed by atoms with Crippen molar-refractivity contribution in [1.29, 1.82) is 0 Å². The summed E-state index contributed by atoms with van der Waals surface area (Å²) in [5.41, 5.74) is 3.33. The van der Waals surface area contributed by atoms with Gasteiger partial charge in [0.05, 0.1) is 0 Å². The number of carbonyl (C=O) groups is 2. The Labute approximate surface area is 105 Å². The number of carbonyl (C=O) groups excluding carboxylic acids is 2. The van der Waals surface area contributed by atoms with Crippen LogP contribution in [0.1, 0.15) is 13.8 Å². The summed E-state index contributed by atoms with van der Waals surface area (Å²) in [5, 5.41) is 0. The highest BCUT2D eigenvalue weighted by molar-refractivity contribution is 5.94. The highest BCUT2D eigenvalue weighted by Gasteiger charge is 2.24. The summed E-state index contributed by atoms with van der Waals surface area (Å²) in [6.45, 7) is 6.49. The summed E-state index contributed by atoms with van der Waals surface area (Å²) in [4.78, 5) is 31.6. The Morgan fingerprint density at radius 3 is 1.94 bits per heavy atom. The van der Waals surface area contributed by atoms with E-state index in [9.17, 15) is 9.59 Å². The summed E-state index contributed by atoms with van der Waals surface area (Å²) in [6.07, 6.45) is 7.67. The van der Waals surface area contributed by atoms with Gasteiger partial charge in [-0.15, -0.1) is 0 Å². The molecule has 18 heavy (non-hydrogen) atoms. The first kappa shape index (κ1) is 12.1. The van der Waals surface area contributed by atoms with Gasteiger partial charge in [-0.1, -0.05) is 30.9 Å². The molecule has 0 radical (unpaired) electrons. The van der Waals surface area contributed by atoms with Gasteiger partial charge in [0.1, 0.15) is 0 Å². The molecule has 0 aromatic rings.